The Labute approximate surface area is 141 Å². The summed E-state index contributed by atoms with van der Waals surface area (Å²) in [6, 6.07) is 8.53. The van der Waals surface area contributed by atoms with Crippen molar-refractivity contribution in [2.45, 2.75) is 13.0 Å². The summed E-state index contributed by atoms with van der Waals surface area (Å²) in [4.78, 5) is 22.1. The van der Waals surface area contributed by atoms with Gasteiger partial charge in [0.1, 0.15) is 5.75 Å². The topological polar surface area (TPSA) is 92.5 Å². The van der Waals surface area contributed by atoms with E-state index in [9.17, 15) is 20.0 Å². The van der Waals surface area contributed by atoms with Gasteiger partial charge < -0.3 is 10.4 Å². The van der Waals surface area contributed by atoms with Gasteiger partial charge in [-0.25, -0.2) is 0 Å². The summed E-state index contributed by atoms with van der Waals surface area (Å²) in [6.45, 7) is -0.0472. The van der Waals surface area contributed by atoms with E-state index in [-0.39, 0.29) is 35.9 Å². The zero-order valence-corrected chi connectivity index (χ0v) is 13.3. The van der Waals surface area contributed by atoms with Crippen molar-refractivity contribution in [1.82, 2.24) is 5.32 Å². The maximum absolute atomic E-state index is 12.0. The van der Waals surface area contributed by atoms with Crippen LogP contribution in [0, 0.1) is 10.1 Å². The van der Waals surface area contributed by atoms with E-state index in [1.807, 2.05) is 0 Å². The Kier molecular flexibility index (Phi) is 5.41. The molecule has 2 N–H and O–H groups in total. The average molecular weight is 355 g/mol. The number of amides is 1. The Morgan fingerprint density at radius 2 is 1.87 bits per heavy atom. The third-order valence-corrected chi connectivity index (χ3v) is 3.86. The first-order valence-electron chi connectivity index (χ1n) is 6.54. The van der Waals surface area contributed by atoms with E-state index in [1.54, 1.807) is 18.2 Å². The van der Waals surface area contributed by atoms with Crippen molar-refractivity contribution in [1.29, 1.82) is 0 Å². The number of phenols is 1. The van der Waals surface area contributed by atoms with Gasteiger partial charge in [-0.3, -0.25) is 14.9 Å². The molecule has 0 radical (unpaired) electrons. The number of rotatable bonds is 5. The molecule has 0 aliphatic carbocycles. The van der Waals surface area contributed by atoms with Crippen LogP contribution in [0.5, 0.6) is 5.75 Å². The van der Waals surface area contributed by atoms with Crippen LogP contribution in [0.25, 0.3) is 0 Å². The monoisotopic (exact) mass is 354 g/mol. The number of nitrogens with zero attached hydrogens (tertiary/aromatic N) is 1. The van der Waals surface area contributed by atoms with E-state index in [4.69, 9.17) is 23.2 Å². The standard InChI is InChI=1S/C15H12Cl2N2O4/c16-12-2-1-3-13(17)11(12)7-15(21)18-8-9-6-10(19(22)23)4-5-14(9)20/h1-6,20H,7-8H2,(H,18,21). The third kappa shape index (κ3) is 4.34. The molecule has 0 atom stereocenters. The molecule has 2 aromatic carbocycles. The Hall–Kier alpha value is -2.31. The van der Waals surface area contributed by atoms with Gasteiger partial charge in [0.2, 0.25) is 5.91 Å². The van der Waals surface area contributed by atoms with Gasteiger partial charge in [-0.15, -0.1) is 0 Å². The number of hydrogen-bond donors (Lipinski definition) is 2. The molecule has 0 spiro atoms. The van der Waals surface area contributed by atoms with E-state index >= 15 is 0 Å². The highest BCUT2D eigenvalue weighted by Crippen LogP contribution is 2.25. The summed E-state index contributed by atoms with van der Waals surface area (Å²) in [7, 11) is 0. The fourth-order valence-electron chi connectivity index (χ4n) is 1.95. The van der Waals surface area contributed by atoms with Gasteiger partial charge in [-0.2, -0.15) is 0 Å². The summed E-state index contributed by atoms with van der Waals surface area (Å²) in [6.07, 6.45) is -0.0335. The minimum Gasteiger partial charge on any atom is -0.508 e. The highest BCUT2D eigenvalue weighted by Gasteiger charge is 2.13. The first-order valence-corrected chi connectivity index (χ1v) is 7.30. The predicted molar refractivity (Wildman–Crippen MR) is 86.8 cm³/mol. The second-order valence-corrected chi connectivity index (χ2v) is 5.54. The second-order valence-electron chi connectivity index (χ2n) is 4.72. The molecule has 0 saturated heterocycles. The van der Waals surface area contributed by atoms with E-state index in [1.165, 1.54) is 18.2 Å². The Morgan fingerprint density at radius 3 is 2.48 bits per heavy atom. The molecule has 0 unspecified atom stereocenters. The van der Waals surface area contributed by atoms with E-state index < -0.39 is 4.92 Å². The molecule has 0 fully saturated rings. The number of nitro benzene ring substituents is 1. The Balaban J connectivity index is 2.05. The number of halogens is 2. The number of hydrogen-bond acceptors (Lipinski definition) is 4. The van der Waals surface area contributed by atoms with Crippen molar-refractivity contribution in [3.05, 3.63) is 67.7 Å². The summed E-state index contributed by atoms with van der Waals surface area (Å²) in [5.74, 6) is -0.502. The highest BCUT2D eigenvalue weighted by molar-refractivity contribution is 6.36. The zero-order chi connectivity index (χ0) is 17.0. The molecule has 120 valence electrons. The van der Waals surface area contributed by atoms with Crippen LogP contribution in [0.4, 0.5) is 5.69 Å². The smallest absolute Gasteiger partial charge is 0.270 e. The lowest BCUT2D eigenvalue weighted by Crippen LogP contribution is -2.24. The SMILES string of the molecule is O=C(Cc1c(Cl)cccc1Cl)NCc1cc([N+](=O)[O-])ccc1O. The van der Waals surface area contributed by atoms with Gasteiger partial charge in [0, 0.05) is 34.3 Å². The molecule has 0 aliphatic heterocycles. The molecule has 0 heterocycles. The van der Waals surface area contributed by atoms with Crippen LogP contribution < -0.4 is 5.32 Å². The van der Waals surface area contributed by atoms with E-state index in [0.717, 1.165) is 0 Å². The van der Waals surface area contributed by atoms with Crippen molar-refractivity contribution in [3.63, 3.8) is 0 Å². The predicted octanol–water partition coefficient (Wildman–Crippen LogP) is 3.47. The maximum atomic E-state index is 12.0. The van der Waals surface area contributed by atoms with Gasteiger partial charge in [0.05, 0.1) is 11.3 Å². The van der Waals surface area contributed by atoms with Crippen LogP contribution in [0.3, 0.4) is 0 Å². The minimum absolute atomic E-state index is 0.0335. The second kappa shape index (κ2) is 7.30. The Bertz CT molecular complexity index is 745. The fourth-order valence-corrected chi connectivity index (χ4v) is 2.48. The van der Waals surface area contributed by atoms with Gasteiger partial charge >= 0.3 is 0 Å². The molecule has 23 heavy (non-hydrogen) atoms. The van der Waals surface area contributed by atoms with Crippen molar-refractivity contribution >= 4 is 34.8 Å². The van der Waals surface area contributed by atoms with Gasteiger partial charge in [-0.05, 0) is 23.8 Å². The van der Waals surface area contributed by atoms with Crippen LogP contribution in [0.1, 0.15) is 11.1 Å². The number of non-ortho nitro benzene ring substituents is 1. The molecule has 1 amide bonds. The lowest BCUT2D eigenvalue weighted by molar-refractivity contribution is -0.384. The largest absolute Gasteiger partial charge is 0.508 e. The number of phenolic OH excluding ortho intramolecular Hbond substituents is 1. The van der Waals surface area contributed by atoms with Crippen LogP contribution in [-0.2, 0) is 17.8 Å². The molecule has 6 nitrogen and oxygen atoms in total. The van der Waals surface area contributed by atoms with Crippen molar-refractivity contribution in [2.24, 2.45) is 0 Å². The molecule has 0 aromatic heterocycles. The first-order chi connectivity index (χ1) is 10.9. The van der Waals surface area contributed by atoms with Gasteiger partial charge in [0.15, 0.2) is 0 Å². The number of carbonyl (C=O) groups is 1. The molecule has 2 rings (SSSR count). The summed E-state index contributed by atoms with van der Waals surface area (Å²) in [5, 5.41) is 23.7. The number of carbonyl (C=O) groups excluding carboxylic acids is 1. The molecular weight excluding hydrogens is 343 g/mol. The van der Waals surface area contributed by atoms with E-state index in [2.05, 4.69) is 5.32 Å². The minimum atomic E-state index is -0.575. The van der Waals surface area contributed by atoms with Crippen molar-refractivity contribution in [2.75, 3.05) is 0 Å². The third-order valence-electron chi connectivity index (χ3n) is 3.15. The van der Waals surface area contributed by atoms with Crippen LogP contribution >= 0.6 is 23.2 Å². The molecular formula is C15H12Cl2N2O4. The maximum Gasteiger partial charge on any atom is 0.270 e. The van der Waals surface area contributed by atoms with Crippen molar-refractivity contribution in [3.8, 4) is 5.75 Å². The molecule has 0 aliphatic rings. The quantitative estimate of drug-likeness (QED) is 0.635. The lowest BCUT2D eigenvalue weighted by atomic mass is 10.1. The summed E-state index contributed by atoms with van der Waals surface area (Å²) in [5.41, 5.74) is 0.579. The summed E-state index contributed by atoms with van der Waals surface area (Å²) < 4.78 is 0. The van der Waals surface area contributed by atoms with Gasteiger partial charge in [0.25, 0.3) is 5.69 Å². The average Bonchev–Trinajstić information content (AvgIpc) is 2.50. The lowest BCUT2D eigenvalue weighted by Gasteiger charge is -2.09. The number of benzene rings is 2. The van der Waals surface area contributed by atoms with Crippen molar-refractivity contribution < 1.29 is 14.8 Å². The van der Waals surface area contributed by atoms with Crippen LogP contribution in [0.15, 0.2) is 36.4 Å². The highest BCUT2D eigenvalue weighted by atomic mass is 35.5. The van der Waals surface area contributed by atoms with E-state index in [0.29, 0.717) is 15.6 Å². The van der Waals surface area contributed by atoms with Gasteiger partial charge in [-0.1, -0.05) is 29.3 Å². The molecule has 8 heteroatoms. The number of nitrogens with one attached hydrogen (secondary N) is 1. The molecule has 0 bridgehead atoms. The molecule has 0 saturated carbocycles. The Morgan fingerprint density at radius 1 is 1.22 bits per heavy atom. The first kappa shape index (κ1) is 17.1. The zero-order valence-electron chi connectivity index (χ0n) is 11.8. The number of aromatic hydroxyl groups is 1. The van der Waals surface area contributed by atoms with Crippen LogP contribution in [-0.4, -0.2) is 15.9 Å². The number of nitro groups is 1. The fraction of sp³-hybridized carbons (Fsp3) is 0.133. The van der Waals surface area contributed by atoms with Crippen LogP contribution in [0.2, 0.25) is 10.0 Å². The normalized spacial score (nSPS) is 10.3. The summed E-state index contributed by atoms with van der Waals surface area (Å²) >= 11 is 12.0. The molecule has 2 aromatic rings.